The topological polar surface area (TPSA) is 75.6 Å². The van der Waals surface area contributed by atoms with E-state index in [9.17, 15) is 17.7 Å². The van der Waals surface area contributed by atoms with Crippen molar-refractivity contribution in [3.8, 4) is 5.75 Å². The van der Waals surface area contributed by atoms with Crippen molar-refractivity contribution in [2.45, 2.75) is 84.2 Å². The third-order valence-electron chi connectivity index (χ3n) is 5.81. The number of halogens is 4. The standard InChI is InChI=1S/C31H40BrF3NO6P/c1-22-36-30(20-39-22,21-40-43(37,41-28(2,3)4)42-29(5,6)7)16-15-24-13-14-27(26(19-24)31(33,34)35)38-17-9-11-23-10-8-12-25(32)18-23/h8,10,12-16,18-19H,9,11,17,20-21H2,1-7H3/b16-15+. The molecule has 2 aromatic rings. The molecule has 0 spiro atoms. The van der Waals surface area contributed by atoms with Gasteiger partial charge in [0.05, 0.1) is 30.0 Å². The average Bonchev–Trinajstić information content (AvgIpc) is 3.23. The molecule has 0 saturated heterocycles. The number of aryl methyl sites for hydroxylation is 1. The van der Waals surface area contributed by atoms with Gasteiger partial charge in [-0.15, -0.1) is 0 Å². The molecule has 238 valence electrons. The van der Waals surface area contributed by atoms with Gasteiger partial charge in [0.1, 0.15) is 17.9 Å². The summed E-state index contributed by atoms with van der Waals surface area (Å²) in [5.41, 5.74) is -2.40. The quantitative estimate of drug-likeness (QED) is 0.163. The Bertz CT molecular complexity index is 1350. The van der Waals surface area contributed by atoms with Gasteiger partial charge < -0.3 is 9.47 Å². The average molecular weight is 691 g/mol. The minimum atomic E-state index is -4.63. The summed E-state index contributed by atoms with van der Waals surface area (Å²) in [6.45, 7) is 11.9. The van der Waals surface area contributed by atoms with Gasteiger partial charge in [0.2, 0.25) is 0 Å². The second-order valence-corrected chi connectivity index (χ2v) is 14.8. The Morgan fingerprint density at radius 2 is 1.72 bits per heavy atom. The summed E-state index contributed by atoms with van der Waals surface area (Å²) in [7, 11) is -4.07. The highest BCUT2D eigenvalue weighted by Crippen LogP contribution is 2.56. The molecule has 0 radical (unpaired) electrons. The summed E-state index contributed by atoms with van der Waals surface area (Å²) in [6, 6.07) is 11.6. The summed E-state index contributed by atoms with van der Waals surface area (Å²) >= 11 is 3.42. The van der Waals surface area contributed by atoms with Gasteiger partial charge in [-0.1, -0.05) is 46.3 Å². The van der Waals surface area contributed by atoms with Crippen LogP contribution in [0.2, 0.25) is 0 Å². The third kappa shape index (κ3) is 11.7. The molecule has 43 heavy (non-hydrogen) atoms. The summed E-state index contributed by atoms with van der Waals surface area (Å²) < 4.78 is 84.8. The van der Waals surface area contributed by atoms with Crippen molar-refractivity contribution in [1.29, 1.82) is 0 Å². The molecule has 0 N–H and O–H groups in total. The van der Waals surface area contributed by atoms with Crippen molar-refractivity contribution in [3.05, 3.63) is 69.7 Å². The van der Waals surface area contributed by atoms with E-state index < -0.39 is 36.3 Å². The SMILES string of the molecule is CC1=NC(/C=C/c2ccc(OCCCc3cccc(Br)c3)c(C(F)(F)F)c2)(COP(=O)(OC(C)(C)C)OC(C)(C)C)CO1. The van der Waals surface area contributed by atoms with Crippen LogP contribution in [-0.4, -0.2) is 42.5 Å². The maximum atomic E-state index is 14.0. The number of benzene rings is 2. The summed E-state index contributed by atoms with van der Waals surface area (Å²) in [6.07, 6.45) is -0.326. The van der Waals surface area contributed by atoms with Crippen LogP contribution in [0.1, 0.15) is 71.6 Å². The fourth-order valence-electron chi connectivity index (χ4n) is 4.15. The predicted octanol–water partition coefficient (Wildman–Crippen LogP) is 9.43. The molecule has 0 aromatic heterocycles. The van der Waals surface area contributed by atoms with Gasteiger partial charge in [0, 0.05) is 11.4 Å². The van der Waals surface area contributed by atoms with Crippen LogP contribution < -0.4 is 4.74 Å². The van der Waals surface area contributed by atoms with E-state index in [2.05, 4.69) is 20.9 Å². The Labute approximate surface area is 260 Å². The lowest BCUT2D eigenvalue weighted by atomic mass is 10.0. The lowest BCUT2D eigenvalue weighted by molar-refractivity contribution is -0.139. The predicted molar refractivity (Wildman–Crippen MR) is 165 cm³/mol. The number of phosphoric ester groups is 1. The van der Waals surface area contributed by atoms with E-state index in [4.69, 9.17) is 23.0 Å². The van der Waals surface area contributed by atoms with E-state index in [1.165, 1.54) is 18.2 Å². The zero-order valence-electron chi connectivity index (χ0n) is 25.6. The van der Waals surface area contributed by atoms with Crippen LogP contribution in [0.25, 0.3) is 6.08 Å². The number of phosphoric acid groups is 1. The number of ether oxygens (including phenoxy) is 2. The fraction of sp³-hybridized carbons (Fsp3) is 0.516. The van der Waals surface area contributed by atoms with Gasteiger partial charge in [-0.2, -0.15) is 13.2 Å². The van der Waals surface area contributed by atoms with E-state index in [0.29, 0.717) is 18.7 Å². The third-order valence-corrected chi connectivity index (χ3v) is 8.29. The van der Waals surface area contributed by atoms with Crippen LogP contribution in [0.15, 0.2) is 58.0 Å². The second kappa shape index (κ2) is 13.9. The number of hydrogen-bond acceptors (Lipinski definition) is 7. The van der Waals surface area contributed by atoms with E-state index in [1.54, 1.807) is 54.5 Å². The van der Waals surface area contributed by atoms with Crippen molar-refractivity contribution >= 4 is 35.7 Å². The molecule has 1 heterocycles. The number of aliphatic imine (C=N–C) groups is 1. The van der Waals surface area contributed by atoms with Crippen molar-refractivity contribution in [1.82, 2.24) is 0 Å². The van der Waals surface area contributed by atoms with E-state index in [-0.39, 0.29) is 31.1 Å². The van der Waals surface area contributed by atoms with Gasteiger partial charge in [0.25, 0.3) is 0 Å². The molecule has 0 saturated carbocycles. The molecule has 12 heteroatoms. The largest absolute Gasteiger partial charge is 0.493 e. The molecule has 1 aliphatic rings. The van der Waals surface area contributed by atoms with E-state index in [1.807, 2.05) is 24.3 Å². The first-order chi connectivity index (χ1) is 19.8. The molecule has 0 fully saturated rings. The molecule has 1 atom stereocenters. The van der Waals surface area contributed by atoms with Crippen LogP contribution >= 0.6 is 23.8 Å². The van der Waals surface area contributed by atoms with Gasteiger partial charge in [-0.05, 0) is 89.8 Å². The van der Waals surface area contributed by atoms with Gasteiger partial charge in [-0.3, -0.25) is 13.6 Å². The van der Waals surface area contributed by atoms with Crippen LogP contribution in [0.3, 0.4) is 0 Å². The summed E-state index contributed by atoms with van der Waals surface area (Å²) in [5.74, 6) is 0.119. The maximum Gasteiger partial charge on any atom is 0.475 e. The molecular weight excluding hydrogens is 650 g/mol. The summed E-state index contributed by atoms with van der Waals surface area (Å²) in [4.78, 5) is 4.50. The second-order valence-electron chi connectivity index (χ2n) is 12.3. The first kappa shape index (κ1) is 35.3. The fourth-order valence-corrected chi connectivity index (χ4v) is 6.46. The zero-order valence-corrected chi connectivity index (χ0v) is 28.1. The minimum absolute atomic E-state index is 0.0334. The molecule has 1 unspecified atom stereocenters. The van der Waals surface area contributed by atoms with Crippen molar-refractivity contribution in [2.75, 3.05) is 19.8 Å². The Kier molecular flexibility index (Phi) is 11.4. The van der Waals surface area contributed by atoms with Crippen molar-refractivity contribution in [3.63, 3.8) is 0 Å². The number of hydrogen-bond donors (Lipinski definition) is 0. The first-order valence-corrected chi connectivity index (χ1v) is 16.2. The van der Waals surface area contributed by atoms with Crippen LogP contribution in [-0.2, 0) is 35.5 Å². The Morgan fingerprint density at radius 1 is 1.05 bits per heavy atom. The van der Waals surface area contributed by atoms with Gasteiger partial charge in [0.15, 0.2) is 5.90 Å². The Hall–Kier alpha value is -2.17. The maximum absolute atomic E-state index is 14.0. The molecule has 1 aliphatic heterocycles. The number of rotatable bonds is 12. The van der Waals surface area contributed by atoms with E-state index >= 15 is 0 Å². The molecule has 0 aliphatic carbocycles. The Balaban J connectivity index is 1.78. The van der Waals surface area contributed by atoms with Crippen LogP contribution in [0.4, 0.5) is 13.2 Å². The van der Waals surface area contributed by atoms with Gasteiger partial charge >= 0.3 is 14.0 Å². The van der Waals surface area contributed by atoms with E-state index in [0.717, 1.165) is 16.1 Å². The normalized spacial score (nSPS) is 18.2. The molecular formula is C31H40BrF3NO6P. The van der Waals surface area contributed by atoms with Crippen molar-refractivity contribution in [2.24, 2.45) is 4.99 Å². The lowest BCUT2D eigenvalue weighted by Gasteiger charge is -2.32. The zero-order chi connectivity index (χ0) is 32.1. The molecule has 0 amide bonds. The van der Waals surface area contributed by atoms with Crippen LogP contribution in [0.5, 0.6) is 5.75 Å². The highest BCUT2D eigenvalue weighted by atomic mass is 79.9. The highest BCUT2D eigenvalue weighted by molar-refractivity contribution is 9.10. The van der Waals surface area contributed by atoms with Crippen molar-refractivity contribution < 1.29 is 40.8 Å². The number of nitrogens with zero attached hydrogens (tertiary/aromatic N) is 1. The monoisotopic (exact) mass is 689 g/mol. The van der Waals surface area contributed by atoms with Crippen LogP contribution in [0, 0.1) is 0 Å². The summed E-state index contributed by atoms with van der Waals surface area (Å²) in [5, 5.41) is 0. The first-order valence-electron chi connectivity index (χ1n) is 13.9. The molecule has 0 bridgehead atoms. The smallest absolute Gasteiger partial charge is 0.475 e. The van der Waals surface area contributed by atoms with Gasteiger partial charge in [-0.25, -0.2) is 9.56 Å². The molecule has 3 rings (SSSR count). The molecule has 7 nitrogen and oxygen atoms in total. The molecule has 2 aromatic carbocycles. The lowest BCUT2D eigenvalue weighted by Crippen LogP contribution is -2.33. The highest BCUT2D eigenvalue weighted by Gasteiger charge is 2.42. The Morgan fingerprint density at radius 3 is 2.28 bits per heavy atom. The minimum Gasteiger partial charge on any atom is -0.493 e. The number of alkyl halides is 3.